The van der Waals surface area contributed by atoms with Gasteiger partial charge in [0, 0.05) is 23.1 Å². The molecule has 0 N–H and O–H groups in total. The van der Waals surface area contributed by atoms with Gasteiger partial charge in [0.05, 0.1) is 24.9 Å². The number of ketones is 1. The first-order valence-corrected chi connectivity index (χ1v) is 17.4. The Kier molecular flexibility index (Phi) is 11.8. The van der Waals surface area contributed by atoms with Gasteiger partial charge in [-0.3, -0.25) is 9.69 Å². The molecule has 0 spiro atoms. The van der Waals surface area contributed by atoms with Gasteiger partial charge in [0.25, 0.3) is 5.78 Å². The summed E-state index contributed by atoms with van der Waals surface area (Å²) in [4.78, 5) is 24.2. The molecule has 1 aliphatic rings. The van der Waals surface area contributed by atoms with Gasteiger partial charge in [-0.25, -0.2) is 4.79 Å². The van der Waals surface area contributed by atoms with Crippen LogP contribution in [0.25, 0.3) is 10.8 Å². The van der Waals surface area contributed by atoms with Crippen molar-refractivity contribution >= 4 is 51.0 Å². The molecular formula is C40H40BBrF3NO6. The molecule has 0 atom stereocenters. The minimum absolute atomic E-state index is 0.234. The first-order chi connectivity index (χ1) is 24.5. The summed E-state index contributed by atoms with van der Waals surface area (Å²) in [6.07, 6.45) is -4.52. The average molecular weight is 778 g/mol. The molecule has 0 radical (unpaired) electrons. The monoisotopic (exact) mass is 777 g/mol. The minimum Gasteiger partial charge on any atom is -0.463 e. The number of carbonyl (C=O) groups is 2. The van der Waals surface area contributed by atoms with Crippen LogP contribution in [-0.4, -0.2) is 42.1 Å². The summed E-state index contributed by atoms with van der Waals surface area (Å²) in [5, 5.41) is 2.26. The highest BCUT2D eigenvalue weighted by Crippen LogP contribution is 2.36. The summed E-state index contributed by atoms with van der Waals surface area (Å²) >= 11 is 3.20. The third kappa shape index (κ3) is 9.22. The van der Waals surface area contributed by atoms with E-state index in [0.717, 1.165) is 43.5 Å². The number of hydrogen-bond donors (Lipinski definition) is 0. The third-order valence-corrected chi connectivity index (χ3v) is 9.84. The van der Waals surface area contributed by atoms with Crippen molar-refractivity contribution in [1.29, 1.82) is 0 Å². The summed E-state index contributed by atoms with van der Waals surface area (Å²) in [6.45, 7) is 11.5. The number of benzene rings is 4. The van der Waals surface area contributed by atoms with Gasteiger partial charge in [0.2, 0.25) is 5.76 Å². The molecule has 6 rings (SSSR count). The minimum atomic E-state index is -4.52. The van der Waals surface area contributed by atoms with E-state index in [0.29, 0.717) is 18.7 Å². The highest BCUT2D eigenvalue weighted by Gasteiger charge is 2.51. The molecule has 12 heteroatoms. The maximum atomic E-state index is 13.2. The standard InChI is InChI=1S/C31H33BF3NO3.C9H7BrO3/c1-21-10-13-23-8-6-7-9-26(23)27(21)20-36(19-25-16-17-28(37-25)31(33,34)35)18-22-11-14-24(15-12-22)32-38-29(2,3)30(4,5)39-32;1-13-9(12)8(11)6-3-2-4-7(10)5-6/h6-17H,18-20H2,1-5H3;2-5H,1H3. The number of methoxy groups -OCH3 is 1. The lowest BCUT2D eigenvalue weighted by Crippen LogP contribution is -2.41. The van der Waals surface area contributed by atoms with Crippen molar-refractivity contribution in [3.63, 3.8) is 0 Å². The number of esters is 1. The molecular weight excluding hydrogens is 738 g/mol. The van der Waals surface area contributed by atoms with E-state index >= 15 is 0 Å². The summed E-state index contributed by atoms with van der Waals surface area (Å²) in [5.41, 5.74) is 3.69. The van der Waals surface area contributed by atoms with Gasteiger partial charge in [-0.15, -0.1) is 0 Å². The van der Waals surface area contributed by atoms with Crippen molar-refractivity contribution < 1.29 is 41.2 Å². The zero-order chi connectivity index (χ0) is 37.8. The van der Waals surface area contributed by atoms with E-state index in [1.807, 2.05) is 64.1 Å². The number of furan rings is 1. The number of nitrogens with zero attached hydrogens (tertiary/aromatic N) is 1. The summed E-state index contributed by atoms with van der Waals surface area (Å²) < 4.78 is 62.2. The maximum absolute atomic E-state index is 13.2. The predicted molar refractivity (Wildman–Crippen MR) is 198 cm³/mol. The van der Waals surface area contributed by atoms with E-state index in [-0.39, 0.29) is 12.3 Å². The van der Waals surface area contributed by atoms with Crippen LogP contribution in [0.1, 0.15) is 66.3 Å². The van der Waals surface area contributed by atoms with Crippen LogP contribution in [0.4, 0.5) is 13.2 Å². The number of rotatable bonds is 9. The van der Waals surface area contributed by atoms with Crippen molar-refractivity contribution in [2.24, 2.45) is 0 Å². The summed E-state index contributed by atoms with van der Waals surface area (Å²) in [7, 11) is 0.723. The molecule has 0 saturated carbocycles. The lowest BCUT2D eigenvalue weighted by Gasteiger charge is -2.32. The SMILES string of the molecule is COC(=O)C(=O)c1cccc(Br)c1.Cc1ccc2ccccc2c1CN(Cc1ccc(B2OC(C)(C)C(C)(C)O2)cc1)Cc1ccc(C(F)(F)F)o1. The Morgan fingerprint density at radius 1 is 0.827 bits per heavy atom. The van der Waals surface area contributed by atoms with Crippen LogP contribution in [0.2, 0.25) is 0 Å². The largest absolute Gasteiger partial charge is 0.494 e. The van der Waals surface area contributed by atoms with Gasteiger partial charge >= 0.3 is 19.3 Å². The predicted octanol–water partition coefficient (Wildman–Crippen LogP) is 9.07. The van der Waals surface area contributed by atoms with E-state index < -0.39 is 42.0 Å². The van der Waals surface area contributed by atoms with Crippen LogP contribution in [-0.2, 0) is 44.7 Å². The number of hydrogen-bond acceptors (Lipinski definition) is 7. The lowest BCUT2D eigenvalue weighted by molar-refractivity contribution is -0.153. The first-order valence-electron chi connectivity index (χ1n) is 16.7. The zero-order valence-electron chi connectivity index (χ0n) is 29.8. The fourth-order valence-electron chi connectivity index (χ4n) is 5.74. The molecule has 52 heavy (non-hydrogen) atoms. The molecule has 2 heterocycles. The van der Waals surface area contributed by atoms with E-state index in [4.69, 9.17) is 13.7 Å². The molecule has 0 unspecified atom stereocenters. The number of halogens is 4. The number of Topliss-reactive ketones (excluding diaryl/α,β-unsaturated/α-hetero) is 1. The fraction of sp³-hybridized carbons (Fsp3) is 0.300. The highest BCUT2D eigenvalue weighted by atomic mass is 79.9. The van der Waals surface area contributed by atoms with Crippen LogP contribution in [0.3, 0.4) is 0 Å². The van der Waals surface area contributed by atoms with Gasteiger partial charge in [-0.2, -0.15) is 13.2 Å². The van der Waals surface area contributed by atoms with E-state index in [1.54, 1.807) is 24.3 Å². The Morgan fingerprint density at radius 3 is 2.12 bits per heavy atom. The van der Waals surface area contributed by atoms with Crippen molar-refractivity contribution in [1.82, 2.24) is 4.90 Å². The molecule has 1 fully saturated rings. The second-order valence-corrected chi connectivity index (χ2v) is 14.6. The molecule has 272 valence electrons. The summed E-state index contributed by atoms with van der Waals surface area (Å²) in [5.74, 6) is -2.19. The molecule has 4 aromatic carbocycles. The van der Waals surface area contributed by atoms with Crippen molar-refractivity contribution in [3.8, 4) is 0 Å². The number of carbonyl (C=O) groups excluding carboxylic acids is 2. The van der Waals surface area contributed by atoms with Crippen molar-refractivity contribution in [2.45, 2.75) is 71.6 Å². The number of alkyl halides is 3. The Morgan fingerprint density at radius 2 is 1.50 bits per heavy atom. The number of aryl methyl sites for hydroxylation is 1. The number of ether oxygens (including phenoxy) is 1. The lowest BCUT2D eigenvalue weighted by atomic mass is 9.79. The average Bonchev–Trinajstić information content (AvgIpc) is 3.66. The molecule has 0 bridgehead atoms. The van der Waals surface area contributed by atoms with Crippen LogP contribution in [0, 0.1) is 6.92 Å². The quantitative estimate of drug-likeness (QED) is 0.0640. The van der Waals surface area contributed by atoms with Crippen LogP contribution in [0.5, 0.6) is 0 Å². The Bertz CT molecular complexity index is 2030. The van der Waals surface area contributed by atoms with E-state index in [9.17, 15) is 22.8 Å². The van der Waals surface area contributed by atoms with Crippen molar-refractivity contribution in [3.05, 3.63) is 135 Å². The highest BCUT2D eigenvalue weighted by molar-refractivity contribution is 9.10. The van der Waals surface area contributed by atoms with Gasteiger partial charge in [0.1, 0.15) is 5.76 Å². The normalized spacial score (nSPS) is 15.0. The summed E-state index contributed by atoms with van der Waals surface area (Å²) in [6, 6.07) is 29.4. The molecule has 0 aliphatic carbocycles. The van der Waals surface area contributed by atoms with E-state index in [1.165, 1.54) is 13.2 Å². The first kappa shape index (κ1) is 39.0. The smallest absolute Gasteiger partial charge is 0.463 e. The molecule has 5 aromatic rings. The third-order valence-electron chi connectivity index (χ3n) is 9.35. The van der Waals surface area contributed by atoms with Gasteiger partial charge < -0.3 is 18.5 Å². The Labute approximate surface area is 310 Å². The maximum Gasteiger partial charge on any atom is 0.494 e. The molecule has 1 aromatic heterocycles. The van der Waals surface area contributed by atoms with Crippen molar-refractivity contribution in [2.75, 3.05) is 7.11 Å². The second kappa shape index (κ2) is 15.8. The molecule has 7 nitrogen and oxygen atoms in total. The second-order valence-electron chi connectivity index (χ2n) is 13.7. The van der Waals surface area contributed by atoms with Gasteiger partial charge in [-0.1, -0.05) is 88.7 Å². The van der Waals surface area contributed by atoms with Gasteiger partial charge in [-0.05, 0) is 91.8 Å². The molecule has 0 amide bonds. The van der Waals surface area contributed by atoms with Crippen LogP contribution in [0.15, 0.2) is 106 Å². The van der Waals surface area contributed by atoms with E-state index in [2.05, 4.69) is 56.8 Å². The Balaban J connectivity index is 0.000000340. The fourth-order valence-corrected chi connectivity index (χ4v) is 6.14. The van der Waals surface area contributed by atoms with Crippen LogP contribution >= 0.6 is 15.9 Å². The van der Waals surface area contributed by atoms with Crippen LogP contribution < -0.4 is 5.46 Å². The zero-order valence-corrected chi connectivity index (χ0v) is 31.4. The Hall–Kier alpha value is -4.23. The number of fused-ring (bicyclic) bond motifs is 1. The van der Waals surface area contributed by atoms with Gasteiger partial charge in [0.15, 0.2) is 0 Å². The topological polar surface area (TPSA) is 78.2 Å². The molecule has 1 saturated heterocycles. The molecule has 1 aliphatic heterocycles.